The van der Waals surface area contributed by atoms with E-state index in [1.807, 2.05) is 11.8 Å². The molecule has 120 valence electrons. The number of rotatable bonds is 4. The molecule has 1 heterocycles. The monoisotopic (exact) mass is 326 g/mol. The Morgan fingerprint density at radius 1 is 1.10 bits per heavy atom. The summed E-state index contributed by atoms with van der Waals surface area (Å²) >= 11 is 0. The molecule has 0 amide bonds. The first kappa shape index (κ1) is 18.2. The van der Waals surface area contributed by atoms with E-state index in [9.17, 15) is 17.6 Å². The molecule has 0 saturated carbocycles. The Morgan fingerprint density at radius 3 is 2.10 bits per heavy atom. The van der Waals surface area contributed by atoms with Crippen molar-refractivity contribution in [2.24, 2.45) is 0 Å². The number of hydrogen-bond donors (Lipinski definition) is 1. The van der Waals surface area contributed by atoms with Crippen LogP contribution in [0, 0.1) is 23.3 Å². The third-order valence-electron chi connectivity index (χ3n) is 3.63. The van der Waals surface area contributed by atoms with Crippen molar-refractivity contribution < 1.29 is 17.6 Å². The maximum absolute atomic E-state index is 13.9. The zero-order valence-electron chi connectivity index (χ0n) is 11.8. The topological polar surface area (TPSA) is 15.3 Å². The summed E-state index contributed by atoms with van der Waals surface area (Å²) in [5.74, 6) is -5.23. The van der Waals surface area contributed by atoms with Gasteiger partial charge in [-0.1, -0.05) is 13.3 Å². The van der Waals surface area contributed by atoms with Crippen molar-refractivity contribution in [3.63, 3.8) is 0 Å². The van der Waals surface area contributed by atoms with E-state index < -0.39 is 34.9 Å². The molecular formula is C14H19ClF4N2. The minimum Gasteiger partial charge on any atom is -0.314 e. The highest BCUT2D eigenvalue weighted by atomic mass is 35.5. The zero-order valence-corrected chi connectivity index (χ0v) is 12.6. The van der Waals surface area contributed by atoms with Gasteiger partial charge in [-0.05, 0) is 6.42 Å². The highest BCUT2D eigenvalue weighted by molar-refractivity contribution is 5.85. The van der Waals surface area contributed by atoms with Gasteiger partial charge in [-0.15, -0.1) is 12.4 Å². The van der Waals surface area contributed by atoms with Gasteiger partial charge >= 0.3 is 0 Å². The largest absolute Gasteiger partial charge is 0.314 e. The van der Waals surface area contributed by atoms with Crippen LogP contribution in [0.2, 0.25) is 0 Å². The van der Waals surface area contributed by atoms with Gasteiger partial charge in [-0.3, -0.25) is 4.90 Å². The zero-order chi connectivity index (χ0) is 14.7. The molecule has 1 N–H and O–H groups in total. The predicted molar refractivity (Wildman–Crippen MR) is 75.6 cm³/mol. The fourth-order valence-corrected chi connectivity index (χ4v) is 2.66. The van der Waals surface area contributed by atoms with Gasteiger partial charge in [-0.2, -0.15) is 0 Å². The van der Waals surface area contributed by atoms with Crippen molar-refractivity contribution >= 4 is 12.4 Å². The second-order valence-corrected chi connectivity index (χ2v) is 4.97. The molecule has 1 aromatic rings. The van der Waals surface area contributed by atoms with Crippen molar-refractivity contribution in [2.45, 2.75) is 25.8 Å². The van der Waals surface area contributed by atoms with Crippen LogP contribution in [-0.4, -0.2) is 31.1 Å². The molecule has 7 heteroatoms. The Morgan fingerprint density at radius 2 is 1.62 bits per heavy atom. The number of nitrogens with zero attached hydrogens (tertiary/aromatic N) is 1. The average Bonchev–Trinajstić information content (AvgIpc) is 2.45. The van der Waals surface area contributed by atoms with Gasteiger partial charge in [-0.25, -0.2) is 17.6 Å². The summed E-state index contributed by atoms with van der Waals surface area (Å²) in [5, 5.41) is 3.14. The third-order valence-corrected chi connectivity index (χ3v) is 3.63. The molecule has 0 unspecified atom stereocenters. The van der Waals surface area contributed by atoms with E-state index in [1.165, 1.54) is 0 Å². The predicted octanol–water partition coefficient (Wildman–Crippen LogP) is 3.41. The van der Waals surface area contributed by atoms with E-state index >= 15 is 0 Å². The summed E-state index contributed by atoms with van der Waals surface area (Å²) in [4.78, 5) is 1.88. The second kappa shape index (κ2) is 7.96. The summed E-state index contributed by atoms with van der Waals surface area (Å²) in [6.45, 7) is 4.46. The minimum atomic E-state index is -1.34. The lowest BCUT2D eigenvalue weighted by atomic mass is 9.98. The molecule has 0 bridgehead atoms. The van der Waals surface area contributed by atoms with Crippen LogP contribution in [0.15, 0.2) is 6.07 Å². The molecule has 2 nitrogen and oxygen atoms in total. The van der Waals surface area contributed by atoms with Crippen molar-refractivity contribution in [2.75, 3.05) is 26.2 Å². The van der Waals surface area contributed by atoms with Crippen molar-refractivity contribution in [3.8, 4) is 0 Å². The summed E-state index contributed by atoms with van der Waals surface area (Å²) in [6, 6.07) is -0.373. The first-order chi connectivity index (χ1) is 9.56. The Labute approximate surface area is 127 Å². The molecule has 1 aliphatic rings. The van der Waals surface area contributed by atoms with Gasteiger partial charge in [0.1, 0.15) is 0 Å². The SMILES string of the molecule is CCC[C@@H](c1c(F)c(F)cc(F)c1F)N1CCNCC1.Cl. The lowest BCUT2D eigenvalue weighted by molar-refractivity contribution is 0.156. The fraction of sp³-hybridized carbons (Fsp3) is 0.571. The van der Waals surface area contributed by atoms with E-state index in [-0.39, 0.29) is 18.5 Å². The van der Waals surface area contributed by atoms with Crippen LogP contribution in [0.5, 0.6) is 0 Å². The lowest BCUT2D eigenvalue weighted by Gasteiger charge is -2.35. The summed E-state index contributed by atoms with van der Waals surface area (Å²) < 4.78 is 54.6. The molecule has 2 rings (SSSR count). The molecule has 1 saturated heterocycles. The number of hydrogen-bond acceptors (Lipinski definition) is 2. The highest BCUT2D eigenvalue weighted by Gasteiger charge is 2.30. The van der Waals surface area contributed by atoms with Crippen molar-refractivity contribution in [3.05, 3.63) is 34.9 Å². The van der Waals surface area contributed by atoms with Crippen molar-refractivity contribution in [1.29, 1.82) is 0 Å². The molecule has 21 heavy (non-hydrogen) atoms. The van der Waals surface area contributed by atoms with Crippen LogP contribution in [0.25, 0.3) is 0 Å². The fourth-order valence-electron chi connectivity index (χ4n) is 2.66. The maximum Gasteiger partial charge on any atom is 0.166 e. The van der Waals surface area contributed by atoms with E-state index in [1.54, 1.807) is 0 Å². The van der Waals surface area contributed by atoms with E-state index in [4.69, 9.17) is 0 Å². The third kappa shape index (κ3) is 3.87. The van der Waals surface area contributed by atoms with Gasteiger partial charge in [0.2, 0.25) is 0 Å². The Bertz CT molecular complexity index is 452. The van der Waals surface area contributed by atoms with E-state index in [2.05, 4.69) is 5.32 Å². The van der Waals surface area contributed by atoms with Crippen LogP contribution in [0.3, 0.4) is 0 Å². The minimum absolute atomic E-state index is 0. The molecular weight excluding hydrogens is 308 g/mol. The molecule has 1 atom stereocenters. The normalized spacial score (nSPS) is 17.4. The molecule has 0 aliphatic carbocycles. The van der Waals surface area contributed by atoms with Gasteiger partial charge in [0.15, 0.2) is 23.3 Å². The molecule has 1 aromatic carbocycles. The van der Waals surface area contributed by atoms with Crippen LogP contribution < -0.4 is 5.32 Å². The number of piperazine rings is 1. The molecule has 0 aromatic heterocycles. The van der Waals surface area contributed by atoms with Crippen molar-refractivity contribution in [1.82, 2.24) is 10.2 Å². The summed E-state index contributed by atoms with van der Waals surface area (Å²) in [5.41, 5.74) is -0.480. The standard InChI is InChI=1S/C14H18F4N2.ClH/c1-2-3-11(20-6-4-19-5-7-20)12-13(17)9(15)8-10(16)14(12)18;/h8,11,19H,2-7H2,1H3;1H/t11-;/m0./s1. The molecule has 0 spiro atoms. The van der Waals surface area contributed by atoms with E-state index in [0.717, 1.165) is 0 Å². The maximum atomic E-state index is 13.9. The van der Waals surface area contributed by atoms with Gasteiger partial charge in [0.25, 0.3) is 0 Å². The van der Waals surface area contributed by atoms with Crippen LogP contribution in [0.4, 0.5) is 17.6 Å². The van der Waals surface area contributed by atoms with Gasteiger partial charge in [0.05, 0.1) is 0 Å². The summed E-state index contributed by atoms with van der Waals surface area (Å²) in [7, 11) is 0. The number of benzene rings is 1. The van der Waals surface area contributed by atoms with E-state index in [0.29, 0.717) is 39.0 Å². The van der Waals surface area contributed by atoms with Gasteiger partial charge in [0, 0.05) is 43.9 Å². The molecule has 1 aliphatic heterocycles. The summed E-state index contributed by atoms with van der Waals surface area (Å²) in [6.07, 6.45) is 1.13. The second-order valence-electron chi connectivity index (χ2n) is 4.97. The van der Waals surface area contributed by atoms with Crippen LogP contribution in [0.1, 0.15) is 31.4 Å². The molecule has 0 radical (unpaired) electrons. The first-order valence-electron chi connectivity index (χ1n) is 6.84. The average molecular weight is 327 g/mol. The van der Waals surface area contributed by atoms with Gasteiger partial charge < -0.3 is 5.32 Å². The molecule has 1 fully saturated rings. The first-order valence-corrected chi connectivity index (χ1v) is 6.84. The van der Waals surface area contributed by atoms with Crippen LogP contribution in [-0.2, 0) is 0 Å². The quantitative estimate of drug-likeness (QED) is 0.674. The smallest absolute Gasteiger partial charge is 0.166 e. The lowest BCUT2D eigenvalue weighted by Crippen LogP contribution is -2.45. The number of nitrogens with one attached hydrogen (secondary N) is 1. The number of halogens is 5. The Hall–Kier alpha value is -0.850. The Balaban J connectivity index is 0.00000220. The Kier molecular flexibility index (Phi) is 6.90. The van der Waals surface area contributed by atoms with Crippen LogP contribution >= 0.6 is 12.4 Å². The highest BCUT2D eigenvalue weighted by Crippen LogP contribution is 2.32.